The fourth-order valence-electron chi connectivity index (χ4n) is 7.63. The van der Waals surface area contributed by atoms with E-state index in [2.05, 4.69) is 98.8 Å². The van der Waals surface area contributed by atoms with E-state index in [0.717, 1.165) is 61.1 Å². The molecule has 0 spiro atoms. The molecule has 51 heavy (non-hydrogen) atoms. The molecule has 0 fully saturated rings. The van der Waals surface area contributed by atoms with Crippen LogP contribution in [0.4, 0.5) is 0 Å². The van der Waals surface area contributed by atoms with Gasteiger partial charge in [0.1, 0.15) is 11.0 Å². The van der Waals surface area contributed by atoms with Gasteiger partial charge in [-0.05, 0) is 128 Å². The molecule has 0 saturated carbocycles. The number of nitrogens with zero attached hydrogens (tertiary/aromatic N) is 2. The van der Waals surface area contributed by atoms with Gasteiger partial charge in [-0.2, -0.15) is 0 Å². The zero-order chi connectivity index (χ0) is 34.1. The van der Waals surface area contributed by atoms with Gasteiger partial charge >= 0.3 is 0 Å². The average Bonchev–Trinajstić information content (AvgIpc) is 3.88. The van der Waals surface area contributed by atoms with Crippen molar-refractivity contribution in [2.75, 3.05) is 0 Å². The van der Waals surface area contributed by atoms with Crippen molar-refractivity contribution < 1.29 is 8.83 Å². The lowest BCUT2D eigenvalue weighted by Gasteiger charge is -2.22. The van der Waals surface area contributed by atoms with Crippen molar-refractivity contribution in [3.8, 4) is 67.4 Å². The van der Waals surface area contributed by atoms with Crippen molar-refractivity contribution >= 4 is 22.2 Å². The first-order valence-corrected chi connectivity index (χ1v) is 17.3. The number of fused-ring (bicyclic) bond motifs is 5. The summed E-state index contributed by atoms with van der Waals surface area (Å²) in [5.41, 5.74) is 17.0. The van der Waals surface area contributed by atoms with Crippen LogP contribution in [0, 0.1) is 0 Å². The Hall–Kier alpha value is -6.52. The van der Waals surface area contributed by atoms with E-state index in [1.165, 1.54) is 27.8 Å². The van der Waals surface area contributed by atoms with E-state index in [9.17, 15) is 0 Å². The summed E-state index contributed by atoms with van der Waals surface area (Å²) in [4.78, 5) is 9.76. The smallest absolute Gasteiger partial charge is 0.227 e. The molecule has 0 bridgehead atoms. The molecule has 0 N–H and O–H groups in total. The number of aromatic nitrogens is 2. The minimum atomic E-state index is -0.0920. The van der Waals surface area contributed by atoms with Gasteiger partial charge in [-0.15, -0.1) is 0 Å². The highest BCUT2D eigenvalue weighted by atomic mass is 16.4. The van der Waals surface area contributed by atoms with Crippen LogP contribution in [0.1, 0.15) is 25.0 Å². The second kappa shape index (κ2) is 11.3. The molecule has 1 aliphatic carbocycles. The molecule has 0 radical (unpaired) electrons. The Bertz CT molecular complexity index is 2640. The summed E-state index contributed by atoms with van der Waals surface area (Å²) in [5, 5.41) is 0. The molecule has 1 aliphatic rings. The zero-order valence-electron chi connectivity index (χ0n) is 28.2. The highest BCUT2D eigenvalue weighted by Crippen LogP contribution is 2.50. The van der Waals surface area contributed by atoms with Gasteiger partial charge in [0.2, 0.25) is 11.8 Å². The van der Waals surface area contributed by atoms with E-state index >= 15 is 0 Å². The Kier molecular flexibility index (Phi) is 6.49. The van der Waals surface area contributed by atoms with Crippen molar-refractivity contribution in [3.63, 3.8) is 0 Å². The fourth-order valence-corrected chi connectivity index (χ4v) is 7.63. The van der Waals surface area contributed by atoms with Crippen molar-refractivity contribution in [1.29, 1.82) is 0 Å². The van der Waals surface area contributed by atoms with Crippen LogP contribution in [0.2, 0.25) is 0 Å². The van der Waals surface area contributed by atoms with Crippen LogP contribution in [0.3, 0.4) is 0 Å². The van der Waals surface area contributed by atoms with Crippen LogP contribution in [0.25, 0.3) is 89.6 Å². The third kappa shape index (κ3) is 4.91. The third-order valence-corrected chi connectivity index (χ3v) is 10.3. The Morgan fingerprint density at radius 3 is 1.37 bits per heavy atom. The second-order valence-electron chi connectivity index (χ2n) is 13.9. The summed E-state index contributed by atoms with van der Waals surface area (Å²) >= 11 is 0. The second-order valence-corrected chi connectivity index (χ2v) is 13.9. The fraction of sp³-hybridized carbons (Fsp3) is 0.0638. The molecule has 2 aromatic heterocycles. The molecule has 0 unspecified atom stereocenters. The summed E-state index contributed by atoms with van der Waals surface area (Å²) in [6.45, 7) is 4.66. The van der Waals surface area contributed by atoms with Crippen LogP contribution in [0.15, 0.2) is 167 Å². The van der Waals surface area contributed by atoms with Gasteiger partial charge in [-0.25, -0.2) is 9.97 Å². The molecule has 0 aliphatic heterocycles. The minimum absolute atomic E-state index is 0.0920. The number of benzene rings is 7. The van der Waals surface area contributed by atoms with Crippen molar-refractivity contribution in [2.45, 2.75) is 19.3 Å². The Morgan fingerprint density at radius 2 is 0.824 bits per heavy atom. The molecule has 4 heteroatoms. The molecule has 0 saturated heterocycles. The van der Waals surface area contributed by atoms with Crippen LogP contribution < -0.4 is 0 Å². The van der Waals surface area contributed by atoms with Crippen LogP contribution in [-0.2, 0) is 5.41 Å². The topological polar surface area (TPSA) is 52.1 Å². The van der Waals surface area contributed by atoms with Gasteiger partial charge in [0.05, 0.1) is 0 Å². The Labute approximate surface area is 295 Å². The van der Waals surface area contributed by atoms with Gasteiger partial charge in [0.25, 0.3) is 0 Å². The minimum Gasteiger partial charge on any atom is -0.436 e. The molecule has 4 nitrogen and oxygen atoms in total. The number of hydrogen-bond acceptors (Lipinski definition) is 4. The number of rotatable bonds is 5. The summed E-state index contributed by atoms with van der Waals surface area (Å²) < 4.78 is 12.3. The first-order chi connectivity index (χ1) is 25.0. The monoisotopic (exact) mass is 656 g/mol. The maximum atomic E-state index is 6.17. The summed E-state index contributed by atoms with van der Waals surface area (Å²) in [5.74, 6) is 1.24. The molecule has 7 aromatic carbocycles. The summed E-state index contributed by atoms with van der Waals surface area (Å²) in [7, 11) is 0. The molecule has 10 rings (SSSR count). The highest BCUT2D eigenvalue weighted by molar-refractivity contribution is 5.90. The molecule has 0 amide bonds. The molecule has 242 valence electrons. The molecule has 0 atom stereocenters. The van der Waals surface area contributed by atoms with E-state index in [0.29, 0.717) is 11.8 Å². The van der Waals surface area contributed by atoms with Gasteiger partial charge in [0, 0.05) is 16.5 Å². The lowest BCUT2D eigenvalue weighted by atomic mass is 9.81. The van der Waals surface area contributed by atoms with Gasteiger partial charge in [0.15, 0.2) is 11.2 Å². The average molecular weight is 657 g/mol. The van der Waals surface area contributed by atoms with Gasteiger partial charge in [-0.1, -0.05) is 98.8 Å². The summed E-state index contributed by atoms with van der Waals surface area (Å²) in [6.07, 6.45) is 0. The van der Waals surface area contributed by atoms with Crippen molar-refractivity contribution in [2.24, 2.45) is 0 Å². The quantitative estimate of drug-likeness (QED) is 0.185. The van der Waals surface area contributed by atoms with Crippen LogP contribution in [0.5, 0.6) is 0 Å². The first kappa shape index (κ1) is 29.4. The Morgan fingerprint density at radius 1 is 0.373 bits per heavy atom. The van der Waals surface area contributed by atoms with Crippen molar-refractivity contribution in [1.82, 2.24) is 9.97 Å². The maximum Gasteiger partial charge on any atom is 0.227 e. The number of hydrogen-bond donors (Lipinski definition) is 0. The zero-order valence-corrected chi connectivity index (χ0v) is 28.2. The molecule has 9 aromatic rings. The lowest BCUT2D eigenvalue weighted by Crippen LogP contribution is -2.14. The molecular formula is C47H32N2O2. The molecule has 2 heterocycles. The van der Waals surface area contributed by atoms with E-state index in [-0.39, 0.29) is 5.41 Å². The highest BCUT2D eigenvalue weighted by Gasteiger charge is 2.35. The predicted octanol–water partition coefficient (Wildman–Crippen LogP) is 12.6. The van der Waals surface area contributed by atoms with Gasteiger partial charge < -0.3 is 8.83 Å². The first-order valence-electron chi connectivity index (χ1n) is 17.3. The predicted molar refractivity (Wildman–Crippen MR) is 206 cm³/mol. The largest absolute Gasteiger partial charge is 0.436 e. The molecular weight excluding hydrogens is 625 g/mol. The normalized spacial score (nSPS) is 13.1. The van der Waals surface area contributed by atoms with Crippen LogP contribution >= 0.6 is 0 Å². The Balaban J connectivity index is 1.12. The third-order valence-electron chi connectivity index (χ3n) is 10.3. The van der Waals surface area contributed by atoms with Crippen LogP contribution in [-0.4, -0.2) is 9.97 Å². The maximum absolute atomic E-state index is 6.17. The summed E-state index contributed by atoms with van der Waals surface area (Å²) in [6, 6.07) is 55.2. The van der Waals surface area contributed by atoms with Crippen molar-refractivity contribution in [3.05, 3.63) is 169 Å². The lowest BCUT2D eigenvalue weighted by molar-refractivity contribution is 0.619. The van der Waals surface area contributed by atoms with E-state index in [1.807, 2.05) is 72.8 Å². The SMILES string of the molecule is CC1(C)c2ccccc2-c2ccc(-c3cc(-c4ccc5oc(-c6ccccc6)nc5c4)cc(-c4ccc5oc(-c6ccccc6)nc5c4)c3)cc21. The van der Waals surface area contributed by atoms with E-state index < -0.39 is 0 Å². The standard InChI is InChI=1S/C47H32N2O2/c1-47(2)39-16-10-9-15-37(39)38-20-17-31(26-40(38)47)34-23-35(32-18-21-43-41(27-32)48-45(50-43)29-11-5-3-6-12-29)25-36(24-34)33-19-22-44-42(28-33)49-46(51-44)30-13-7-4-8-14-30/h3-28H,1-2H3. The van der Waals surface area contributed by atoms with Gasteiger partial charge in [-0.3, -0.25) is 0 Å². The van der Waals surface area contributed by atoms with E-state index in [4.69, 9.17) is 18.8 Å². The van der Waals surface area contributed by atoms with E-state index in [1.54, 1.807) is 0 Å². The number of oxazole rings is 2.